The molecule has 10 heavy (non-hydrogen) atoms. The summed E-state index contributed by atoms with van der Waals surface area (Å²) in [6.45, 7) is 14.2. The highest BCUT2D eigenvalue weighted by Crippen LogP contribution is 2.71. The summed E-state index contributed by atoms with van der Waals surface area (Å²) in [5.41, 5.74) is 1.19. The van der Waals surface area contributed by atoms with Gasteiger partial charge in [0.15, 0.2) is 0 Å². The molecule has 2 unspecified atom stereocenters. The van der Waals surface area contributed by atoms with Crippen LogP contribution in [0.3, 0.4) is 0 Å². The first-order chi connectivity index (χ1) is 4.35. The van der Waals surface area contributed by atoms with E-state index in [1.807, 2.05) is 0 Å². The van der Waals surface area contributed by atoms with E-state index in [0.717, 1.165) is 11.8 Å². The topological polar surface area (TPSA) is 0 Å². The second-order valence-corrected chi connectivity index (χ2v) is 4.88. The molecule has 0 aromatic heterocycles. The first kappa shape index (κ1) is 8.10. The Morgan fingerprint density at radius 1 is 1.10 bits per heavy atom. The predicted octanol–water partition coefficient (Wildman–Crippen LogP) is 3.32. The standard InChI is InChI=1S/C10H20/c1-7(2)10(6)8(3)9(10,4)5/h7-8H,1-6H3. The maximum atomic E-state index is 2.42. The first-order valence-corrected chi connectivity index (χ1v) is 4.35. The summed E-state index contributed by atoms with van der Waals surface area (Å²) in [4.78, 5) is 0. The minimum absolute atomic E-state index is 0.584. The molecule has 0 radical (unpaired) electrons. The van der Waals surface area contributed by atoms with Crippen molar-refractivity contribution in [2.45, 2.75) is 41.5 Å². The van der Waals surface area contributed by atoms with Gasteiger partial charge in [-0.15, -0.1) is 0 Å². The largest absolute Gasteiger partial charge is 0.0622 e. The normalized spacial score (nSPS) is 44.1. The van der Waals surface area contributed by atoms with Crippen LogP contribution in [0.4, 0.5) is 0 Å². The molecule has 0 aromatic carbocycles. The van der Waals surface area contributed by atoms with E-state index in [4.69, 9.17) is 0 Å². The highest BCUT2D eigenvalue weighted by molar-refractivity contribution is 5.13. The van der Waals surface area contributed by atoms with E-state index < -0.39 is 0 Å². The molecule has 0 saturated heterocycles. The molecule has 1 saturated carbocycles. The van der Waals surface area contributed by atoms with Gasteiger partial charge in [-0.3, -0.25) is 0 Å². The Bertz CT molecular complexity index is 144. The van der Waals surface area contributed by atoms with Gasteiger partial charge in [0.1, 0.15) is 0 Å². The van der Waals surface area contributed by atoms with Crippen LogP contribution in [-0.2, 0) is 0 Å². The molecule has 60 valence electrons. The van der Waals surface area contributed by atoms with Crippen LogP contribution in [-0.4, -0.2) is 0 Å². The molecule has 0 aromatic rings. The van der Waals surface area contributed by atoms with Crippen molar-refractivity contribution in [1.29, 1.82) is 0 Å². The minimum atomic E-state index is 0.584. The van der Waals surface area contributed by atoms with Crippen LogP contribution < -0.4 is 0 Å². The molecule has 0 aliphatic heterocycles. The van der Waals surface area contributed by atoms with Crippen molar-refractivity contribution in [3.63, 3.8) is 0 Å². The lowest BCUT2D eigenvalue weighted by Crippen LogP contribution is -2.11. The van der Waals surface area contributed by atoms with Gasteiger partial charge in [0.25, 0.3) is 0 Å². The number of rotatable bonds is 1. The maximum Gasteiger partial charge on any atom is -0.0218 e. The molecule has 0 N–H and O–H groups in total. The number of hydrogen-bond acceptors (Lipinski definition) is 0. The van der Waals surface area contributed by atoms with Crippen molar-refractivity contribution in [3.8, 4) is 0 Å². The lowest BCUT2D eigenvalue weighted by atomic mass is 9.86. The molecule has 1 aliphatic rings. The van der Waals surface area contributed by atoms with Gasteiger partial charge in [-0.1, -0.05) is 41.5 Å². The molecule has 0 nitrogen and oxygen atoms in total. The Balaban J connectivity index is 2.78. The average molecular weight is 140 g/mol. The van der Waals surface area contributed by atoms with E-state index in [1.54, 1.807) is 0 Å². The molecule has 1 aliphatic carbocycles. The maximum absolute atomic E-state index is 2.42. The van der Waals surface area contributed by atoms with Crippen LogP contribution in [0.1, 0.15) is 41.5 Å². The van der Waals surface area contributed by atoms with Crippen LogP contribution in [0.5, 0.6) is 0 Å². The van der Waals surface area contributed by atoms with Gasteiger partial charge >= 0.3 is 0 Å². The molecule has 0 heteroatoms. The van der Waals surface area contributed by atoms with Crippen molar-refractivity contribution in [1.82, 2.24) is 0 Å². The monoisotopic (exact) mass is 140 g/mol. The molecular formula is C10H20. The molecule has 0 spiro atoms. The van der Waals surface area contributed by atoms with Gasteiger partial charge in [0, 0.05) is 0 Å². The fourth-order valence-electron chi connectivity index (χ4n) is 2.56. The lowest BCUT2D eigenvalue weighted by Gasteiger charge is -2.18. The molecule has 1 fully saturated rings. The quantitative estimate of drug-likeness (QED) is 0.524. The second-order valence-electron chi connectivity index (χ2n) is 4.88. The molecule has 0 bridgehead atoms. The summed E-state index contributed by atoms with van der Waals surface area (Å²) >= 11 is 0. The fourth-order valence-corrected chi connectivity index (χ4v) is 2.56. The van der Waals surface area contributed by atoms with Gasteiger partial charge in [0.05, 0.1) is 0 Å². The Labute approximate surface area is 65.0 Å². The van der Waals surface area contributed by atoms with E-state index in [0.29, 0.717) is 10.8 Å². The third kappa shape index (κ3) is 0.627. The summed E-state index contributed by atoms with van der Waals surface area (Å²) in [6.07, 6.45) is 0. The van der Waals surface area contributed by atoms with Gasteiger partial charge in [-0.05, 0) is 22.7 Å². The summed E-state index contributed by atoms with van der Waals surface area (Å²) in [5, 5.41) is 0. The highest BCUT2D eigenvalue weighted by atomic mass is 14.7. The minimum Gasteiger partial charge on any atom is -0.0622 e. The smallest absolute Gasteiger partial charge is 0.0218 e. The van der Waals surface area contributed by atoms with Crippen molar-refractivity contribution in [3.05, 3.63) is 0 Å². The van der Waals surface area contributed by atoms with Gasteiger partial charge in [-0.25, -0.2) is 0 Å². The molecule has 0 amide bonds. The molecule has 2 atom stereocenters. The third-order valence-electron chi connectivity index (χ3n) is 4.49. The SMILES string of the molecule is CC(C)C1(C)C(C)C1(C)C. The van der Waals surface area contributed by atoms with E-state index in [-0.39, 0.29) is 0 Å². The molecular weight excluding hydrogens is 120 g/mol. The summed E-state index contributed by atoms with van der Waals surface area (Å²) in [7, 11) is 0. The van der Waals surface area contributed by atoms with Crippen LogP contribution in [0.25, 0.3) is 0 Å². The Morgan fingerprint density at radius 2 is 1.40 bits per heavy atom. The van der Waals surface area contributed by atoms with Crippen molar-refractivity contribution < 1.29 is 0 Å². The van der Waals surface area contributed by atoms with Crippen LogP contribution in [0.15, 0.2) is 0 Å². The zero-order chi connectivity index (χ0) is 8.15. The summed E-state index contributed by atoms with van der Waals surface area (Å²) in [5.74, 6) is 1.73. The van der Waals surface area contributed by atoms with Crippen molar-refractivity contribution >= 4 is 0 Å². The summed E-state index contributed by atoms with van der Waals surface area (Å²) in [6, 6.07) is 0. The zero-order valence-corrected chi connectivity index (χ0v) is 8.15. The highest BCUT2D eigenvalue weighted by Gasteiger charge is 2.65. The first-order valence-electron chi connectivity index (χ1n) is 4.35. The van der Waals surface area contributed by atoms with Gasteiger partial charge < -0.3 is 0 Å². The van der Waals surface area contributed by atoms with E-state index in [9.17, 15) is 0 Å². The lowest BCUT2D eigenvalue weighted by molar-refractivity contribution is 0.304. The van der Waals surface area contributed by atoms with Crippen LogP contribution in [0, 0.1) is 22.7 Å². The third-order valence-corrected chi connectivity index (χ3v) is 4.49. The molecule has 0 heterocycles. The summed E-state index contributed by atoms with van der Waals surface area (Å²) < 4.78 is 0. The van der Waals surface area contributed by atoms with E-state index in [1.165, 1.54) is 0 Å². The van der Waals surface area contributed by atoms with E-state index in [2.05, 4.69) is 41.5 Å². The van der Waals surface area contributed by atoms with Crippen LogP contribution >= 0.6 is 0 Å². The Morgan fingerprint density at radius 3 is 1.40 bits per heavy atom. The average Bonchev–Trinajstić information content (AvgIpc) is 2.16. The Kier molecular flexibility index (Phi) is 1.44. The second kappa shape index (κ2) is 1.78. The predicted molar refractivity (Wildman–Crippen MR) is 45.9 cm³/mol. The van der Waals surface area contributed by atoms with Gasteiger partial charge in [0.2, 0.25) is 0 Å². The number of hydrogen-bond donors (Lipinski definition) is 0. The fraction of sp³-hybridized carbons (Fsp3) is 1.00. The zero-order valence-electron chi connectivity index (χ0n) is 8.15. The van der Waals surface area contributed by atoms with Crippen molar-refractivity contribution in [2.75, 3.05) is 0 Å². The van der Waals surface area contributed by atoms with Crippen molar-refractivity contribution in [2.24, 2.45) is 22.7 Å². The molecule has 1 rings (SSSR count). The Hall–Kier alpha value is 0. The van der Waals surface area contributed by atoms with Crippen LogP contribution in [0.2, 0.25) is 0 Å². The van der Waals surface area contributed by atoms with Gasteiger partial charge in [-0.2, -0.15) is 0 Å². The van der Waals surface area contributed by atoms with E-state index >= 15 is 0 Å².